The van der Waals surface area contributed by atoms with E-state index in [2.05, 4.69) is 31.1 Å². The Bertz CT molecular complexity index is 894. The smallest absolute Gasteiger partial charge is 0.166 e. The van der Waals surface area contributed by atoms with Crippen molar-refractivity contribution in [2.24, 2.45) is 0 Å². The summed E-state index contributed by atoms with van der Waals surface area (Å²) in [5.74, 6) is 2.63. The fraction of sp³-hybridized carbons (Fsp3) is 0.353. The van der Waals surface area contributed by atoms with Crippen molar-refractivity contribution in [2.45, 2.75) is 18.9 Å². The maximum absolute atomic E-state index is 5.92. The van der Waals surface area contributed by atoms with Crippen molar-refractivity contribution in [1.29, 1.82) is 0 Å². The van der Waals surface area contributed by atoms with E-state index in [0.29, 0.717) is 13.2 Å². The Morgan fingerprint density at radius 1 is 1.17 bits per heavy atom. The molecule has 0 bridgehead atoms. The first kappa shape index (κ1) is 13.6. The van der Waals surface area contributed by atoms with Crippen molar-refractivity contribution in [3.8, 4) is 11.5 Å². The number of rotatable bonds is 2. The van der Waals surface area contributed by atoms with Gasteiger partial charge in [-0.15, -0.1) is 0 Å². The number of ether oxygens (including phenoxy) is 2. The number of benzene rings is 1. The normalized spacial score (nSPS) is 19.8. The summed E-state index contributed by atoms with van der Waals surface area (Å²) in [7, 11) is 0. The molecule has 7 heteroatoms. The monoisotopic (exact) mass is 323 g/mol. The highest BCUT2D eigenvalue weighted by Crippen LogP contribution is 2.44. The van der Waals surface area contributed by atoms with E-state index in [9.17, 15) is 0 Å². The van der Waals surface area contributed by atoms with Crippen LogP contribution in [0.3, 0.4) is 0 Å². The van der Waals surface area contributed by atoms with E-state index in [-0.39, 0.29) is 6.04 Å². The SMILES string of the molecule is c1cc2c(c(C3CCCN3c3ncnc4[nH]ncc34)c1)OCCO2. The Labute approximate surface area is 138 Å². The van der Waals surface area contributed by atoms with Crippen LogP contribution < -0.4 is 14.4 Å². The van der Waals surface area contributed by atoms with E-state index >= 15 is 0 Å². The van der Waals surface area contributed by atoms with E-state index < -0.39 is 0 Å². The maximum atomic E-state index is 5.92. The number of aromatic amines is 1. The van der Waals surface area contributed by atoms with Gasteiger partial charge in [-0.3, -0.25) is 5.10 Å². The van der Waals surface area contributed by atoms with Crippen LogP contribution in [0.1, 0.15) is 24.4 Å². The van der Waals surface area contributed by atoms with Crippen LogP contribution in [0.2, 0.25) is 0 Å². The quantitative estimate of drug-likeness (QED) is 0.781. The van der Waals surface area contributed by atoms with Gasteiger partial charge in [-0.25, -0.2) is 9.97 Å². The summed E-state index contributed by atoms with van der Waals surface area (Å²) < 4.78 is 11.7. The predicted molar refractivity (Wildman–Crippen MR) is 88.4 cm³/mol. The molecule has 1 unspecified atom stereocenters. The summed E-state index contributed by atoms with van der Waals surface area (Å²) in [6, 6.07) is 6.35. The topological polar surface area (TPSA) is 76.2 Å². The summed E-state index contributed by atoms with van der Waals surface area (Å²) in [5.41, 5.74) is 1.93. The largest absolute Gasteiger partial charge is 0.486 e. The van der Waals surface area contributed by atoms with Crippen LogP contribution >= 0.6 is 0 Å². The van der Waals surface area contributed by atoms with Crippen LogP contribution in [0, 0.1) is 0 Å². The van der Waals surface area contributed by atoms with E-state index in [1.54, 1.807) is 12.5 Å². The van der Waals surface area contributed by atoms with Gasteiger partial charge >= 0.3 is 0 Å². The lowest BCUT2D eigenvalue weighted by molar-refractivity contribution is 0.169. The standard InChI is InChI=1S/C17H17N5O2/c1-3-11(15-14(5-1)23-7-8-24-15)13-4-2-6-22(13)17-12-9-20-21-16(12)18-10-19-17/h1,3,5,9-10,13H,2,4,6-8H2,(H,18,19,20,21). The molecule has 0 aliphatic carbocycles. The summed E-state index contributed by atoms with van der Waals surface area (Å²) >= 11 is 0. The van der Waals surface area contributed by atoms with Gasteiger partial charge in [0.1, 0.15) is 25.4 Å². The Kier molecular flexibility index (Phi) is 3.04. The number of hydrogen-bond donors (Lipinski definition) is 1. The second kappa shape index (κ2) is 5.36. The number of H-pyrrole nitrogens is 1. The zero-order chi connectivity index (χ0) is 15.9. The predicted octanol–water partition coefficient (Wildman–Crippen LogP) is 2.47. The first-order valence-electron chi connectivity index (χ1n) is 8.21. The van der Waals surface area contributed by atoms with Crippen LogP contribution in [0.25, 0.3) is 11.0 Å². The molecule has 1 N–H and O–H groups in total. The van der Waals surface area contributed by atoms with Crippen molar-refractivity contribution in [1.82, 2.24) is 20.2 Å². The molecule has 0 amide bonds. The Morgan fingerprint density at radius 3 is 3.12 bits per heavy atom. The van der Waals surface area contributed by atoms with Gasteiger partial charge in [0.15, 0.2) is 17.1 Å². The molecular formula is C17H17N5O2. The minimum Gasteiger partial charge on any atom is -0.486 e. The molecule has 3 aromatic rings. The van der Waals surface area contributed by atoms with Gasteiger partial charge in [-0.2, -0.15) is 5.10 Å². The minimum atomic E-state index is 0.217. The van der Waals surface area contributed by atoms with Crippen molar-refractivity contribution in [3.63, 3.8) is 0 Å². The number of nitrogens with zero attached hydrogens (tertiary/aromatic N) is 4. The zero-order valence-electron chi connectivity index (χ0n) is 13.1. The molecule has 1 aromatic carbocycles. The average molecular weight is 323 g/mol. The summed E-state index contributed by atoms with van der Waals surface area (Å²) in [4.78, 5) is 11.1. The molecule has 4 heterocycles. The lowest BCUT2D eigenvalue weighted by Crippen LogP contribution is -2.25. The molecule has 7 nitrogen and oxygen atoms in total. The van der Waals surface area contributed by atoms with Crippen molar-refractivity contribution in [3.05, 3.63) is 36.3 Å². The van der Waals surface area contributed by atoms with Gasteiger partial charge in [-0.1, -0.05) is 12.1 Å². The first-order chi connectivity index (χ1) is 11.9. The van der Waals surface area contributed by atoms with Gasteiger partial charge in [-0.05, 0) is 18.9 Å². The summed E-state index contributed by atoms with van der Waals surface area (Å²) in [5, 5.41) is 7.97. The van der Waals surface area contributed by atoms with Gasteiger partial charge < -0.3 is 14.4 Å². The van der Waals surface area contributed by atoms with Crippen LogP contribution in [-0.2, 0) is 0 Å². The van der Waals surface area contributed by atoms with Gasteiger partial charge in [0.05, 0.1) is 17.6 Å². The Hall–Kier alpha value is -2.83. The molecule has 24 heavy (non-hydrogen) atoms. The highest BCUT2D eigenvalue weighted by molar-refractivity contribution is 5.86. The maximum Gasteiger partial charge on any atom is 0.166 e. The van der Waals surface area contributed by atoms with Gasteiger partial charge in [0.2, 0.25) is 0 Å². The fourth-order valence-corrected chi connectivity index (χ4v) is 3.68. The van der Waals surface area contributed by atoms with Crippen molar-refractivity contribution in [2.75, 3.05) is 24.7 Å². The van der Waals surface area contributed by atoms with Crippen LogP contribution in [-0.4, -0.2) is 39.9 Å². The third-order valence-corrected chi connectivity index (χ3v) is 4.71. The minimum absolute atomic E-state index is 0.217. The molecule has 0 radical (unpaired) electrons. The molecule has 1 saturated heterocycles. The van der Waals surface area contributed by atoms with E-state index in [4.69, 9.17) is 9.47 Å². The molecule has 2 aliphatic heterocycles. The lowest BCUT2D eigenvalue weighted by atomic mass is 10.0. The number of fused-ring (bicyclic) bond motifs is 2. The molecule has 2 aliphatic rings. The number of para-hydroxylation sites is 1. The molecule has 5 rings (SSSR count). The second-order valence-electron chi connectivity index (χ2n) is 6.05. The highest BCUT2D eigenvalue weighted by atomic mass is 16.6. The number of aromatic nitrogens is 4. The first-order valence-corrected chi connectivity index (χ1v) is 8.21. The van der Waals surface area contributed by atoms with Crippen LogP contribution in [0.15, 0.2) is 30.7 Å². The average Bonchev–Trinajstić information content (AvgIpc) is 3.30. The third kappa shape index (κ3) is 2.01. The van der Waals surface area contributed by atoms with E-state index in [0.717, 1.165) is 47.7 Å². The molecular weight excluding hydrogens is 306 g/mol. The number of anilines is 1. The van der Waals surface area contributed by atoms with Crippen LogP contribution in [0.5, 0.6) is 11.5 Å². The fourth-order valence-electron chi connectivity index (χ4n) is 3.68. The highest BCUT2D eigenvalue weighted by Gasteiger charge is 2.32. The van der Waals surface area contributed by atoms with Crippen LogP contribution in [0.4, 0.5) is 5.82 Å². The molecule has 1 fully saturated rings. The number of hydrogen-bond acceptors (Lipinski definition) is 6. The molecule has 122 valence electrons. The summed E-state index contributed by atoms with van der Waals surface area (Å²) in [6.45, 7) is 2.15. The van der Waals surface area contributed by atoms with Gasteiger partial charge in [0.25, 0.3) is 0 Å². The van der Waals surface area contributed by atoms with Gasteiger partial charge in [0, 0.05) is 12.1 Å². The summed E-state index contributed by atoms with van der Waals surface area (Å²) in [6.07, 6.45) is 5.55. The lowest BCUT2D eigenvalue weighted by Gasteiger charge is -2.29. The second-order valence-corrected chi connectivity index (χ2v) is 6.05. The molecule has 1 atom stereocenters. The third-order valence-electron chi connectivity index (χ3n) is 4.71. The molecule has 2 aromatic heterocycles. The van der Waals surface area contributed by atoms with E-state index in [1.165, 1.54) is 5.56 Å². The van der Waals surface area contributed by atoms with Crippen molar-refractivity contribution >= 4 is 16.9 Å². The van der Waals surface area contributed by atoms with Crippen molar-refractivity contribution < 1.29 is 9.47 Å². The van der Waals surface area contributed by atoms with E-state index in [1.807, 2.05) is 12.1 Å². The number of nitrogens with one attached hydrogen (secondary N) is 1. The molecule has 0 spiro atoms. The zero-order valence-corrected chi connectivity index (χ0v) is 13.1. The molecule has 0 saturated carbocycles. The Morgan fingerprint density at radius 2 is 2.12 bits per heavy atom. The Balaban J connectivity index is 1.60.